The molecule has 2 saturated heterocycles. The van der Waals surface area contributed by atoms with Crippen LogP contribution in [0, 0.1) is 13.8 Å². The third-order valence-electron chi connectivity index (χ3n) is 8.85. The van der Waals surface area contributed by atoms with E-state index in [1.807, 2.05) is 6.20 Å². The minimum absolute atomic E-state index is 0. The van der Waals surface area contributed by atoms with E-state index in [0.717, 1.165) is 45.8 Å². The number of rotatable bonds is 7. The summed E-state index contributed by atoms with van der Waals surface area (Å²) < 4.78 is 46.6. The average Bonchev–Trinajstić information content (AvgIpc) is 3.56. The quantitative estimate of drug-likeness (QED) is 0.396. The second kappa shape index (κ2) is 12.8. The van der Waals surface area contributed by atoms with Crippen molar-refractivity contribution in [2.24, 2.45) is 0 Å². The Hall–Kier alpha value is -3.52. The number of alkyl halides is 3. The third kappa shape index (κ3) is 6.32. The summed E-state index contributed by atoms with van der Waals surface area (Å²) in [6.45, 7) is 6.60. The van der Waals surface area contributed by atoms with Gasteiger partial charge in [-0.2, -0.15) is 28.6 Å². The first kappa shape index (κ1) is 31.9. The SMILES string of the molecule is Cc1cc2[nH]ncc2c(N2CCc3c(nc(OC[C@@H]4CC(F)(F)CN4C)nc3N3CCN(C(=O)/C=C/CF)CC3)C2)c1C.S. The molecule has 3 aliphatic rings. The Kier molecular flexibility index (Phi) is 9.30. The number of likely N-dealkylation sites (N-methyl/N-ethyl adjacent to an activating group) is 1. The van der Waals surface area contributed by atoms with Crippen LogP contribution in [0.1, 0.15) is 28.8 Å². The summed E-state index contributed by atoms with van der Waals surface area (Å²) in [5.41, 5.74) is 6.28. The van der Waals surface area contributed by atoms with Crippen LogP contribution in [0.4, 0.5) is 24.7 Å². The summed E-state index contributed by atoms with van der Waals surface area (Å²) in [7, 11) is 1.68. The monoisotopic (exact) mass is 632 g/mol. The number of aromatic amines is 1. The molecule has 2 fully saturated rings. The van der Waals surface area contributed by atoms with Gasteiger partial charge in [-0.15, -0.1) is 0 Å². The molecule has 0 aliphatic carbocycles. The number of fused-ring (bicyclic) bond motifs is 2. The van der Waals surface area contributed by atoms with Gasteiger partial charge in [0.25, 0.3) is 5.92 Å². The Bertz CT molecular complexity index is 1540. The molecule has 1 atom stereocenters. The van der Waals surface area contributed by atoms with Crippen LogP contribution >= 0.6 is 13.5 Å². The Morgan fingerprint density at radius 2 is 1.93 bits per heavy atom. The lowest BCUT2D eigenvalue weighted by atomic mass is 9.99. The van der Waals surface area contributed by atoms with Crippen molar-refractivity contribution in [3.63, 3.8) is 0 Å². The first-order chi connectivity index (χ1) is 20.6. The standard InChI is InChI=1S/C30H37F3N8O2.H2S/c1-19-13-24-23(15-34-37-24)27(20(19)2)41-8-6-22-25(16-41)35-29(43-17-21-14-30(32,33)18-38(21)3)36-28(22)40-11-9-39(10-12-40)26(42)5-4-7-31;/h4-5,13,15,21H,6-12,14,16-18H2,1-3H3,(H,34,37);1H2/b5-4+;/t21-;/m0./s1. The minimum atomic E-state index is -2.74. The molecule has 6 rings (SSSR count). The Balaban J connectivity index is 0.00000384. The molecule has 1 aromatic carbocycles. The number of nitrogens with zero attached hydrogens (tertiary/aromatic N) is 7. The zero-order valence-corrected chi connectivity index (χ0v) is 26.2. The van der Waals surface area contributed by atoms with E-state index in [2.05, 4.69) is 39.9 Å². The van der Waals surface area contributed by atoms with Crippen LogP contribution in [0.5, 0.6) is 6.01 Å². The van der Waals surface area contributed by atoms with Crippen molar-refractivity contribution in [1.82, 2.24) is 30.0 Å². The molecule has 0 unspecified atom stereocenters. The van der Waals surface area contributed by atoms with E-state index in [-0.39, 0.29) is 45.0 Å². The largest absolute Gasteiger partial charge is 0.462 e. The summed E-state index contributed by atoms with van der Waals surface area (Å²) in [6.07, 6.45) is 4.78. The number of halogens is 3. The first-order valence-corrected chi connectivity index (χ1v) is 14.7. The lowest BCUT2D eigenvalue weighted by molar-refractivity contribution is -0.126. The van der Waals surface area contributed by atoms with Gasteiger partial charge >= 0.3 is 6.01 Å². The average molecular weight is 633 g/mol. The van der Waals surface area contributed by atoms with Gasteiger partial charge in [-0.05, 0) is 50.6 Å². The van der Waals surface area contributed by atoms with Crippen LogP contribution in [0.3, 0.4) is 0 Å². The lowest BCUT2D eigenvalue weighted by Gasteiger charge is -2.38. The molecule has 0 spiro atoms. The van der Waals surface area contributed by atoms with Crippen molar-refractivity contribution >= 4 is 41.8 Å². The van der Waals surface area contributed by atoms with Gasteiger partial charge in [0.15, 0.2) is 0 Å². The molecule has 44 heavy (non-hydrogen) atoms. The van der Waals surface area contributed by atoms with E-state index in [4.69, 9.17) is 14.7 Å². The number of H-pyrrole nitrogens is 1. The van der Waals surface area contributed by atoms with Gasteiger partial charge in [0.05, 0.1) is 36.2 Å². The Morgan fingerprint density at radius 3 is 2.64 bits per heavy atom. The van der Waals surface area contributed by atoms with E-state index < -0.39 is 18.6 Å². The van der Waals surface area contributed by atoms with Crippen molar-refractivity contribution in [3.05, 3.63) is 46.8 Å². The van der Waals surface area contributed by atoms with Crippen molar-refractivity contribution in [2.75, 3.05) is 69.4 Å². The highest BCUT2D eigenvalue weighted by Gasteiger charge is 2.43. The number of likely N-dealkylation sites (tertiary alicyclic amines) is 1. The number of ether oxygens (including phenoxy) is 1. The number of benzene rings is 1. The maximum absolute atomic E-state index is 14.0. The highest BCUT2D eigenvalue weighted by Crippen LogP contribution is 2.37. The highest BCUT2D eigenvalue weighted by molar-refractivity contribution is 7.59. The van der Waals surface area contributed by atoms with Gasteiger partial charge < -0.3 is 19.4 Å². The number of amides is 1. The number of carbonyl (C=O) groups excluding carboxylic acids is 1. The molecule has 3 aliphatic heterocycles. The summed E-state index contributed by atoms with van der Waals surface area (Å²) in [4.78, 5) is 29.8. The summed E-state index contributed by atoms with van der Waals surface area (Å²) >= 11 is 0. The van der Waals surface area contributed by atoms with Gasteiger partial charge in [0.1, 0.15) is 19.1 Å². The molecule has 1 amide bonds. The van der Waals surface area contributed by atoms with Gasteiger partial charge in [-0.1, -0.05) is 0 Å². The summed E-state index contributed by atoms with van der Waals surface area (Å²) in [5.74, 6) is -2.20. The van der Waals surface area contributed by atoms with E-state index >= 15 is 0 Å². The first-order valence-electron chi connectivity index (χ1n) is 14.7. The highest BCUT2D eigenvalue weighted by atomic mass is 32.1. The van der Waals surface area contributed by atoms with Gasteiger partial charge in [0.2, 0.25) is 5.91 Å². The van der Waals surface area contributed by atoms with Crippen molar-refractivity contribution in [2.45, 2.75) is 45.2 Å². The molecule has 1 N–H and O–H groups in total. The predicted molar refractivity (Wildman–Crippen MR) is 168 cm³/mol. The van der Waals surface area contributed by atoms with Gasteiger partial charge in [0, 0.05) is 62.2 Å². The number of piperazine rings is 1. The summed E-state index contributed by atoms with van der Waals surface area (Å²) in [6, 6.07) is 1.83. The van der Waals surface area contributed by atoms with E-state index in [1.165, 1.54) is 17.7 Å². The number of anilines is 2. The lowest BCUT2D eigenvalue weighted by Crippen LogP contribution is -2.49. The second-order valence-electron chi connectivity index (χ2n) is 11.7. The molecule has 0 bridgehead atoms. The number of allylic oxidation sites excluding steroid dienone is 1. The fourth-order valence-electron chi connectivity index (χ4n) is 6.43. The second-order valence-corrected chi connectivity index (χ2v) is 11.7. The maximum Gasteiger partial charge on any atom is 0.318 e. The van der Waals surface area contributed by atoms with Crippen LogP contribution in [0.25, 0.3) is 10.9 Å². The fraction of sp³-hybridized carbons (Fsp3) is 0.533. The Morgan fingerprint density at radius 1 is 1.16 bits per heavy atom. The maximum atomic E-state index is 14.0. The summed E-state index contributed by atoms with van der Waals surface area (Å²) in [5, 5.41) is 8.41. The molecule has 3 aromatic rings. The number of aromatic nitrogens is 4. The van der Waals surface area contributed by atoms with E-state index in [9.17, 15) is 18.0 Å². The minimum Gasteiger partial charge on any atom is -0.462 e. The topological polar surface area (TPSA) is 93.7 Å². The molecular weight excluding hydrogens is 593 g/mol. The Labute approximate surface area is 261 Å². The van der Waals surface area contributed by atoms with Crippen LogP contribution in [0.15, 0.2) is 24.4 Å². The van der Waals surface area contributed by atoms with E-state index in [1.54, 1.807) is 16.8 Å². The molecule has 238 valence electrons. The smallest absolute Gasteiger partial charge is 0.318 e. The third-order valence-corrected chi connectivity index (χ3v) is 8.85. The van der Waals surface area contributed by atoms with Crippen LogP contribution < -0.4 is 14.5 Å². The van der Waals surface area contributed by atoms with Crippen LogP contribution in [0.2, 0.25) is 0 Å². The predicted octanol–water partition coefficient (Wildman–Crippen LogP) is 3.54. The zero-order valence-electron chi connectivity index (χ0n) is 25.2. The fourth-order valence-corrected chi connectivity index (χ4v) is 6.43. The molecule has 0 radical (unpaired) electrons. The molecule has 10 nitrogen and oxygen atoms in total. The molecule has 0 saturated carbocycles. The molecule has 5 heterocycles. The number of nitrogens with one attached hydrogen (secondary N) is 1. The normalized spacial score (nSPS) is 20.3. The van der Waals surface area contributed by atoms with Crippen molar-refractivity contribution < 1.29 is 22.7 Å². The van der Waals surface area contributed by atoms with Gasteiger partial charge in [-0.25, -0.2) is 13.2 Å². The molecule has 2 aromatic heterocycles. The van der Waals surface area contributed by atoms with Gasteiger partial charge in [-0.3, -0.25) is 14.8 Å². The number of hydrogen-bond acceptors (Lipinski definition) is 8. The molecular formula is C30H39F3N8O2S. The number of aryl methyl sites for hydroxylation is 1. The number of hydrogen-bond donors (Lipinski definition) is 1. The van der Waals surface area contributed by atoms with Crippen LogP contribution in [-0.4, -0.2) is 107 Å². The van der Waals surface area contributed by atoms with Crippen molar-refractivity contribution in [3.8, 4) is 6.01 Å². The van der Waals surface area contributed by atoms with E-state index in [0.29, 0.717) is 39.1 Å². The van der Waals surface area contributed by atoms with Crippen LogP contribution in [-0.2, 0) is 17.8 Å². The van der Waals surface area contributed by atoms with Crippen molar-refractivity contribution in [1.29, 1.82) is 0 Å². The number of carbonyl (C=O) groups is 1. The zero-order chi connectivity index (χ0) is 30.3. The molecule has 14 heteroatoms.